The third kappa shape index (κ3) is 4.43. The number of benzene rings is 1. The first-order valence-electron chi connectivity index (χ1n) is 7.22. The van der Waals surface area contributed by atoms with Gasteiger partial charge in [-0.2, -0.15) is 0 Å². The Labute approximate surface area is 128 Å². The van der Waals surface area contributed by atoms with E-state index in [0.717, 1.165) is 45.7 Å². The molecule has 1 fully saturated rings. The first-order chi connectivity index (χ1) is 9.70. The number of ether oxygens (including phenoxy) is 1. The van der Waals surface area contributed by atoms with E-state index in [-0.39, 0.29) is 5.82 Å². The van der Waals surface area contributed by atoms with Gasteiger partial charge in [-0.25, -0.2) is 4.39 Å². The van der Waals surface area contributed by atoms with Crippen LogP contribution < -0.4 is 4.74 Å². The van der Waals surface area contributed by atoms with Crippen LogP contribution in [0.5, 0.6) is 5.75 Å². The lowest BCUT2D eigenvalue weighted by molar-refractivity contribution is 0.130. The highest BCUT2D eigenvalue weighted by Gasteiger charge is 2.15. The van der Waals surface area contributed by atoms with Gasteiger partial charge in [0.25, 0.3) is 0 Å². The predicted molar refractivity (Wildman–Crippen MR) is 82.8 cm³/mol. The molecule has 1 aromatic carbocycles. The molecule has 20 heavy (non-hydrogen) atoms. The highest BCUT2D eigenvalue weighted by molar-refractivity contribution is 9.10. The van der Waals surface area contributed by atoms with Gasteiger partial charge >= 0.3 is 0 Å². The zero-order valence-electron chi connectivity index (χ0n) is 11.9. The summed E-state index contributed by atoms with van der Waals surface area (Å²) in [5, 5.41) is 0. The zero-order chi connectivity index (χ0) is 14.4. The average molecular weight is 345 g/mol. The van der Waals surface area contributed by atoms with Crippen LogP contribution in [0, 0.1) is 5.82 Å². The molecule has 2 rings (SSSR count). The maximum Gasteiger partial charge on any atom is 0.169 e. The van der Waals surface area contributed by atoms with Gasteiger partial charge in [0.2, 0.25) is 0 Å². The molecule has 1 aromatic rings. The molecule has 0 atom stereocenters. The Morgan fingerprint density at radius 1 is 1.20 bits per heavy atom. The molecule has 1 aliphatic heterocycles. The maximum absolute atomic E-state index is 13.5. The third-order valence-electron chi connectivity index (χ3n) is 3.70. The van der Waals surface area contributed by atoms with Crippen LogP contribution >= 0.6 is 15.9 Å². The molecular formula is C15H22BrFN2O. The number of hydrogen-bond acceptors (Lipinski definition) is 3. The number of piperazine rings is 1. The van der Waals surface area contributed by atoms with Crippen molar-refractivity contribution in [3.05, 3.63) is 28.5 Å². The standard InChI is InChI=1S/C15H22BrFN2O/c1-2-18-8-10-19(11-9-18)7-4-12-20-15-13(16)5-3-6-14(15)17/h3,5-6H,2,4,7-12H2,1H3. The SMILES string of the molecule is CCN1CCN(CCCOc2c(F)cccc2Br)CC1. The van der Waals surface area contributed by atoms with Crippen molar-refractivity contribution < 1.29 is 9.13 Å². The van der Waals surface area contributed by atoms with Crippen LogP contribution in [0.15, 0.2) is 22.7 Å². The molecule has 1 saturated heterocycles. The van der Waals surface area contributed by atoms with Crippen LogP contribution in [0.1, 0.15) is 13.3 Å². The lowest BCUT2D eigenvalue weighted by Gasteiger charge is -2.33. The van der Waals surface area contributed by atoms with Crippen LogP contribution in [-0.4, -0.2) is 55.7 Å². The predicted octanol–water partition coefficient (Wildman–Crippen LogP) is 2.99. The molecule has 0 aromatic heterocycles. The lowest BCUT2D eigenvalue weighted by atomic mass is 10.3. The van der Waals surface area contributed by atoms with Gasteiger partial charge < -0.3 is 14.5 Å². The number of para-hydroxylation sites is 1. The van der Waals surface area contributed by atoms with Crippen LogP contribution in [-0.2, 0) is 0 Å². The summed E-state index contributed by atoms with van der Waals surface area (Å²) in [6.07, 6.45) is 0.924. The fourth-order valence-electron chi connectivity index (χ4n) is 2.41. The number of halogens is 2. The summed E-state index contributed by atoms with van der Waals surface area (Å²) in [4.78, 5) is 4.91. The van der Waals surface area contributed by atoms with Gasteiger partial charge in [-0.05, 0) is 41.0 Å². The second kappa shape index (κ2) is 7.96. The summed E-state index contributed by atoms with van der Waals surface area (Å²) >= 11 is 3.31. The second-order valence-corrected chi connectivity index (χ2v) is 5.88. The van der Waals surface area contributed by atoms with E-state index in [1.165, 1.54) is 6.07 Å². The molecule has 3 nitrogen and oxygen atoms in total. The van der Waals surface area contributed by atoms with Crippen molar-refractivity contribution in [2.24, 2.45) is 0 Å². The van der Waals surface area contributed by atoms with Gasteiger partial charge in [0.05, 0.1) is 11.1 Å². The molecular weight excluding hydrogens is 323 g/mol. The van der Waals surface area contributed by atoms with E-state index in [2.05, 4.69) is 32.7 Å². The minimum absolute atomic E-state index is 0.309. The summed E-state index contributed by atoms with van der Waals surface area (Å²) in [6.45, 7) is 9.45. The summed E-state index contributed by atoms with van der Waals surface area (Å²) in [6, 6.07) is 4.88. The van der Waals surface area contributed by atoms with Crippen molar-refractivity contribution in [2.75, 3.05) is 45.9 Å². The molecule has 112 valence electrons. The number of rotatable bonds is 6. The van der Waals surface area contributed by atoms with E-state index in [0.29, 0.717) is 16.8 Å². The largest absolute Gasteiger partial charge is 0.489 e. The fraction of sp³-hybridized carbons (Fsp3) is 0.600. The van der Waals surface area contributed by atoms with Gasteiger partial charge in [0.15, 0.2) is 11.6 Å². The topological polar surface area (TPSA) is 15.7 Å². The molecule has 0 spiro atoms. The van der Waals surface area contributed by atoms with Gasteiger partial charge in [0, 0.05) is 32.7 Å². The van der Waals surface area contributed by atoms with Crippen molar-refractivity contribution >= 4 is 15.9 Å². The first kappa shape index (κ1) is 15.7. The normalized spacial score (nSPS) is 17.4. The Kier molecular flexibility index (Phi) is 6.26. The Morgan fingerprint density at radius 2 is 1.90 bits per heavy atom. The summed E-state index contributed by atoms with van der Waals surface area (Å²) in [5.74, 6) is 0.0132. The molecule has 0 N–H and O–H groups in total. The van der Waals surface area contributed by atoms with E-state index < -0.39 is 0 Å². The average Bonchev–Trinajstić information content (AvgIpc) is 2.46. The summed E-state index contributed by atoms with van der Waals surface area (Å²) < 4.78 is 19.8. The van der Waals surface area contributed by atoms with Crippen molar-refractivity contribution in [3.8, 4) is 5.75 Å². The van der Waals surface area contributed by atoms with Crippen LogP contribution in [0.25, 0.3) is 0 Å². The molecule has 0 bridgehead atoms. The number of nitrogens with zero attached hydrogens (tertiary/aromatic N) is 2. The van der Waals surface area contributed by atoms with Gasteiger partial charge in [0.1, 0.15) is 0 Å². The molecule has 1 heterocycles. The van der Waals surface area contributed by atoms with E-state index in [1.54, 1.807) is 12.1 Å². The molecule has 5 heteroatoms. The maximum atomic E-state index is 13.5. The summed E-state index contributed by atoms with van der Waals surface area (Å²) in [7, 11) is 0. The fourth-order valence-corrected chi connectivity index (χ4v) is 2.87. The Balaban J connectivity index is 1.67. The Hall–Kier alpha value is -0.650. The zero-order valence-corrected chi connectivity index (χ0v) is 13.5. The van der Waals surface area contributed by atoms with Gasteiger partial charge in [-0.1, -0.05) is 13.0 Å². The van der Waals surface area contributed by atoms with Crippen LogP contribution in [0.3, 0.4) is 0 Å². The monoisotopic (exact) mass is 344 g/mol. The van der Waals surface area contributed by atoms with Crippen molar-refractivity contribution in [2.45, 2.75) is 13.3 Å². The number of hydrogen-bond donors (Lipinski definition) is 0. The van der Waals surface area contributed by atoms with Gasteiger partial charge in [-0.15, -0.1) is 0 Å². The van der Waals surface area contributed by atoms with E-state index in [9.17, 15) is 4.39 Å². The third-order valence-corrected chi connectivity index (χ3v) is 4.32. The van der Waals surface area contributed by atoms with Gasteiger partial charge in [-0.3, -0.25) is 0 Å². The van der Waals surface area contributed by atoms with E-state index >= 15 is 0 Å². The highest BCUT2D eigenvalue weighted by atomic mass is 79.9. The van der Waals surface area contributed by atoms with Crippen molar-refractivity contribution in [1.82, 2.24) is 9.80 Å². The quantitative estimate of drug-likeness (QED) is 0.738. The minimum atomic E-state index is -0.309. The lowest BCUT2D eigenvalue weighted by Crippen LogP contribution is -2.46. The summed E-state index contributed by atoms with van der Waals surface area (Å²) in [5.41, 5.74) is 0. The minimum Gasteiger partial charge on any atom is -0.489 e. The molecule has 0 radical (unpaired) electrons. The Morgan fingerprint density at radius 3 is 2.55 bits per heavy atom. The van der Waals surface area contributed by atoms with Crippen molar-refractivity contribution in [3.63, 3.8) is 0 Å². The molecule has 0 aliphatic carbocycles. The van der Waals surface area contributed by atoms with Crippen LogP contribution in [0.4, 0.5) is 4.39 Å². The smallest absolute Gasteiger partial charge is 0.169 e. The second-order valence-electron chi connectivity index (χ2n) is 5.03. The molecule has 1 aliphatic rings. The van der Waals surface area contributed by atoms with E-state index in [1.807, 2.05) is 0 Å². The Bertz CT molecular complexity index is 402. The first-order valence-corrected chi connectivity index (χ1v) is 8.01. The van der Waals surface area contributed by atoms with Crippen molar-refractivity contribution in [1.29, 1.82) is 0 Å². The molecule has 0 saturated carbocycles. The van der Waals surface area contributed by atoms with Crippen LogP contribution in [0.2, 0.25) is 0 Å². The highest BCUT2D eigenvalue weighted by Crippen LogP contribution is 2.27. The molecule has 0 amide bonds. The molecule has 0 unspecified atom stereocenters. The van der Waals surface area contributed by atoms with E-state index in [4.69, 9.17) is 4.74 Å². The number of likely N-dealkylation sites (N-methyl/N-ethyl adjacent to an activating group) is 1.